The van der Waals surface area contributed by atoms with E-state index in [2.05, 4.69) is 0 Å². The minimum atomic E-state index is -3.96. The molecule has 2 rings (SSSR count). The average molecular weight is 389 g/mol. The highest BCUT2D eigenvalue weighted by Gasteiger charge is 2.46. The van der Waals surface area contributed by atoms with E-state index < -0.39 is 38.1 Å². The molecule has 1 aliphatic rings. The highest BCUT2D eigenvalue weighted by atomic mass is 32.2. The molecule has 0 bridgehead atoms. The minimum Gasteiger partial charge on any atom is -0.481 e. The Morgan fingerprint density at radius 1 is 1.36 bits per heavy atom. The van der Waals surface area contributed by atoms with Crippen molar-refractivity contribution in [1.82, 2.24) is 4.90 Å². The molecule has 1 N–H and O–H groups in total. The van der Waals surface area contributed by atoms with Gasteiger partial charge in [-0.2, -0.15) is 0 Å². The lowest BCUT2D eigenvalue weighted by atomic mass is 10.1. The molecule has 7 nitrogen and oxygen atoms in total. The second kappa shape index (κ2) is 7.84. The first kappa shape index (κ1) is 19.9. The summed E-state index contributed by atoms with van der Waals surface area (Å²) in [6.07, 6.45) is 0.133. The molecule has 0 saturated carbocycles. The Balaban J connectivity index is 2.16. The molecule has 2 heterocycles. The van der Waals surface area contributed by atoms with Crippen LogP contribution in [0.3, 0.4) is 0 Å². The molecule has 1 fully saturated rings. The van der Waals surface area contributed by atoms with Crippen LogP contribution in [0.2, 0.25) is 0 Å². The van der Waals surface area contributed by atoms with Gasteiger partial charge >= 0.3 is 5.97 Å². The van der Waals surface area contributed by atoms with E-state index in [1.807, 2.05) is 5.38 Å². The fourth-order valence-corrected chi connectivity index (χ4v) is 5.03. The van der Waals surface area contributed by atoms with Crippen molar-refractivity contribution in [2.75, 3.05) is 32.1 Å². The van der Waals surface area contributed by atoms with Crippen LogP contribution in [0, 0.1) is 5.92 Å². The third kappa shape index (κ3) is 4.59. The van der Waals surface area contributed by atoms with E-state index in [1.165, 1.54) is 30.1 Å². The monoisotopic (exact) mass is 389 g/mol. The topological polar surface area (TPSA) is 101 Å². The Bertz CT molecular complexity index is 705. The van der Waals surface area contributed by atoms with E-state index in [-0.39, 0.29) is 6.42 Å². The largest absolute Gasteiger partial charge is 0.481 e. The van der Waals surface area contributed by atoms with Crippen molar-refractivity contribution >= 4 is 33.1 Å². The van der Waals surface area contributed by atoms with Crippen molar-refractivity contribution in [3.8, 4) is 0 Å². The fraction of sp³-hybridized carbons (Fsp3) is 0.625. The van der Waals surface area contributed by atoms with Gasteiger partial charge in [-0.25, -0.2) is 8.42 Å². The predicted octanol–water partition coefficient (Wildman–Crippen LogP) is 1.04. The zero-order valence-electron chi connectivity index (χ0n) is 14.3. The van der Waals surface area contributed by atoms with Crippen molar-refractivity contribution in [1.29, 1.82) is 0 Å². The number of hydrogen-bond donors (Lipinski definition) is 1. The van der Waals surface area contributed by atoms with Crippen LogP contribution in [-0.2, 0) is 30.6 Å². The summed E-state index contributed by atoms with van der Waals surface area (Å²) >= 11 is 1.38. The summed E-state index contributed by atoms with van der Waals surface area (Å²) < 4.78 is 29.2. The lowest BCUT2D eigenvalue weighted by Gasteiger charge is -2.34. The summed E-state index contributed by atoms with van der Waals surface area (Å²) in [7, 11) is -3.96. The van der Waals surface area contributed by atoms with Gasteiger partial charge in [0.15, 0.2) is 9.84 Å². The van der Waals surface area contributed by atoms with Crippen LogP contribution < -0.4 is 0 Å². The van der Waals surface area contributed by atoms with Crippen LogP contribution in [0.5, 0.6) is 0 Å². The molecule has 1 amide bonds. The van der Waals surface area contributed by atoms with Gasteiger partial charge in [-0.1, -0.05) is 6.07 Å². The molecule has 1 unspecified atom stereocenters. The van der Waals surface area contributed by atoms with Crippen LogP contribution >= 0.6 is 11.3 Å². The molecule has 9 heteroatoms. The Labute approximate surface area is 151 Å². The van der Waals surface area contributed by atoms with Crippen LogP contribution in [0.25, 0.3) is 0 Å². The quantitative estimate of drug-likeness (QED) is 0.748. The Morgan fingerprint density at radius 3 is 2.52 bits per heavy atom. The van der Waals surface area contributed by atoms with Gasteiger partial charge in [0.1, 0.15) is 4.75 Å². The van der Waals surface area contributed by atoms with Crippen molar-refractivity contribution in [2.45, 2.75) is 25.0 Å². The smallest absolute Gasteiger partial charge is 0.307 e. The lowest BCUT2D eigenvalue weighted by Crippen LogP contribution is -2.54. The molecular weight excluding hydrogens is 366 g/mol. The molecule has 1 saturated heterocycles. The van der Waals surface area contributed by atoms with Gasteiger partial charge in [0.05, 0.1) is 24.9 Å². The number of thiophene rings is 1. The number of amides is 1. The van der Waals surface area contributed by atoms with Crippen molar-refractivity contribution in [3.63, 3.8) is 0 Å². The van der Waals surface area contributed by atoms with Gasteiger partial charge in [-0.3, -0.25) is 9.59 Å². The van der Waals surface area contributed by atoms with E-state index in [9.17, 15) is 23.1 Å². The standard InChI is InChI=1S/C16H23NO6S2/c1-16(2,15(20)17-5-7-23-8-6-17)25(21,22)11-12(14(18)19)10-13-4-3-9-24-13/h3-4,9,12H,5-8,10-11H2,1-2H3,(H,18,19). The number of hydrogen-bond acceptors (Lipinski definition) is 6. The number of carbonyl (C=O) groups is 2. The highest BCUT2D eigenvalue weighted by Crippen LogP contribution is 2.25. The number of carboxylic acid groups (broad SMARTS) is 1. The maximum atomic E-state index is 12.8. The first-order valence-electron chi connectivity index (χ1n) is 8.00. The maximum Gasteiger partial charge on any atom is 0.307 e. The van der Waals surface area contributed by atoms with E-state index in [0.717, 1.165) is 4.88 Å². The molecule has 0 radical (unpaired) electrons. The second-order valence-corrected chi connectivity index (χ2v) is 10.1. The molecule has 1 aliphatic heterocycles. The second-order valence-electron chi connectivity index (χ2n) is 6.51. The molecule has 140 valence electrons. The highest BCUT2D eigenvalue weighted by molar-refractivity contribution is 7.93. The molecule has 0 spiro atoms. The molecule has 1 atom stereocenters. The number of rotatable bonds is 7. The van der Waals surface area contributed by atoms with Gasteiger partial charge in [0.2, 0.25) is 5.91 Å². The van der Waals surface area contributed by atoms with Crippen LogP contribution in [0.4, 0.5) is 0 Å². The zero-order chi connectivity index (χ0) is 18.7. The average Bonchev–Trinajstić information content (AvgIpc) is 3.07. The van der Waals surface area contributed by atoms with Crippen LogP contribution in [0.1, 0.15) is 18.7 Å². The fourth-order valence-electron chi connectivity index (χ4n) is 2.64. The third-order valence-electron chi connectivity index (χ3n) is 4.39. The van der Waals surface area contributed by atoms with Gasteiger partial charge in [0.25, 0.3) is 0 Å². The number of carbonyl (C=O) groups excluding carboxylic acids is 1. The molecule has 1 aromatic heterocycles. The SMILES string of the molecule is CC(C)(C(=O)N1CCOCC1)S(=O)(=O)CC(Cc1cccs1)C(=O)O. The first-order valence-corrected chi connectivity index (χ1v) is 10.5. The van der Waals surface area contributed by atoms with Crippen molar-refractivity contribution < 1.29 is 27.9 Å². The van der Waals surface area contributed by atoms with E-state index in [0.29, 0.717) is 26.3 Å². The van der Waals surface area contributed by atoms with Crippen LogP contribution in [-0.4, -0.2) is 67.1 Å². The van der Waals surface area contributed by atoms with Gasteiger partial charge < -0.3 is 14.7 Å². The Hall–Kier alpha value is -1.45. The number of aliphatic carboxylic acids is 1. The Kier molecular flexibility index (Phi) is 6.23. The number of morpholine rings is 1. The summed E-state index contributed by atoms with van der Waals surface area (Å²) in [4.78, 5) is 26.5. The van der Waals surface area contributed by atoms with E-state index in [4.69, 9.17) is 4.74 Å². The molecule has 1 aromatic rings. The first-order chi connectivity index (χ1) is 11.6. The van der Waals surface area contributed by atoms with Crippen LogP contribution in [0.15, 0.2) is 17.5 Å². The third-order valence-corrected chi connectivity index (χ3v) is 7.86. The summed E-state index contributed by atoms with van der Waals surface area (Å²) in [6.45, 7) is 4.13. The van der Waals surface area contributed by atoms with E-state index >= 15 is 0 Å². The van der Waals surface area contributed by atoms with Gasteiger partial charge in [-0.15, -0.1) is 11.3 Å². The summed E-state index contributed by atoms with van der Waals surface area (Å²) in [5.41, 5.74) is 0. The maximum absolute atomic E-state index is 12.8. The van der Waals surface area contributed by atoms with Gasteiger partial charge in [-0.05, 0) is 31.7 Å². The Morgan fingerprint density at radius 2 is 2.00 bits per heavy atom. The van der Waals surface area contributed by atoms with Crippen molar-refractivity contribution in [2.24, 2.45) is 5.92 Å². The zero-order valence-corrected chi connectivity index (χ0v) is 15.9. The molecule has 25 heavy (non-hydrogen) atoms. The number of carboxylic acids is 1. The van der Waals surface area contributed by atoms with E-state index in [1.54, 1.807) is 12.1 Å². The van der Waals surface area contributed by atoms with Crippen molar-refractivity contribution in [3.05, 3.63) is 22.4 Å². The predicted molar refractivity (Wildman–Crippen MR) is 94.4 cm³/mol. The lowest BCUT2D eigenvalue weighted by molar-refractivity contribution is -0.141. The molecule has 0 aliphatic carbocycles. The van der Waals surface area contributed by atoms with Gasteiger partial charge in [0, 0.05) is 18.0 Å². The summed E-state index contributed by atoms with van der Waals surface area (Å²) in [5, 5.41) is 11.2. The normalized spacial score (nSPS) is 17.3. The number of ether oxygens (including phenoxy) is 1. The molecular formula is C16H23NO6S2. The number of sulfone groups is 1. The number of nitrogens with zero attached hydrogens (tertiary/aromatic N) is 1. The minimum absolute atomic E-state index is 0.133. The molecule has 0 aromatic carbocycles. The summed E-state index contributed by atoms with van der Waals surface area (Å²) in [5.74, 6) is -3.33. The summed E-state index contributed by atoms with van der Waals surface area (Å²) in [6, 6.07) is 3.57.